The number of pyridine rings is 1. The Kier molecular flexibility index (Phi) is 3.56. The highest BCUT2D eigenvalue weighted by Gasteiger charge is 2.06. The minimum atomic E-state index is 0.654. The average Bonchev–Trinajstić information content (AvgIpc) is 2.94. The summed E-state index contributed by atoms with van der Waals surface area (Å²) >= 11 is 3.48. The Hall–Kier alpha value is -2.08. The fraction of sp³-hybridized carbons (Fsp3) is 0.143. The number of imidazole rings is 1. The fourth-order valence-corrected chi connectivity index (χ4v) is 2.47. The molecule has 0 amide bonds. The van der Waals surface area contributed by atoms with Crippen LogP contribution in [0.4, 0.5) is 11.4 Å². The number of fused-ring (bicyclic) bond motifs is 1. The lowest BCUT2D eigenvalue weighted by Gasteiger charge is -2.12. The molecule has 6 heteroatoms. The third kappa shape index (κ3) is 2.60. The Balaban J connectivity index is 1.86. The summed E-state index contributed by atoms with van der Waals surface area (Å²) in [5, 5.41) is 4.41. The van der Waals surface area contributed by atoms with Crippen LogP contribution in [0.2, 0.25) is 0 Å². The van der Waals surface area contributed by atoms with Gasteiger partial charge in [0.15, 0.2) is 0 Å². The number of anilines is 2. The third-order valence-corrected chi connectivity index (χ3v) is 3.58. The van der Waals surface area contributed by atoms with E-state index in [-0.39, 0.29) is 0 Å². The van der Waals surface area contributed by atoms with Gasteiger partial charge in [-0.15, -0.1) is 0 Å². The second-order valence-corrected chi connectivity index (χ2v) is 5.39. The predicted octanol–water partition coefficient (Wildman–Crippen LogP) is 2.89. The molecule has 2 aromatic heterocycles. The van der Waals surface area contributed by atoms with Gasteiger partial charge in [0, 0.05) is 35.3 Å². The predicted molar refractivity (Wildman–Crippen MR) is 84.6 cm³/mol. The Morgan fingerprint density at radius 2 is 2.25 bits per heavy atom. The van der Waals surface area contributed by atoms with Gasteiger partial charge in [0.25, 0.3) is 0 Å². The van der Waals surface area contributed by atoms with E-state index in [9.17, 15) is 0 Å². The Bertz CT molecular complexity index is 719. The lowest BCUT2D eigenvalue weighted by atomic mass is 10.1. The molecule has 2 heterocycles. The van der Waals surface area contributed by atoms with Crippen LogP contribution in [-0.2, 0) is 6.54 Å². The van der Waals surface area contributed by atoms with Crippen molar-refractivity contribution in [3.8, 4) is 0 Å². The molecule has 0 radical (unpaired) electrons. The van der Waals surface area contributed by atoms with Crippen LogP contribution in [0.5, 0.6) is 0 Å². The van der Waals surface area contributed by atoms with Crippen molar-refractivity contribution in [1.82, 2.24) is 14.5 Å². The molecule has 0 fully saturated rings. The molecule has 0 aliphatic carbocycles. The Morgan fingerprint density at radius 3 is 3.05 bits per heavy atom. The molecule has 5 nitrogen and oxygen atoms in total. The molecule has 0 aliphatic rings. The third-order valence-electron chi connectivity index (χ3n) is 3.09. The normalized spacial score (nSPS) is 10.8. The highest BCUT2D eigenvalue weighted by atomic mass is 79.9. The molecule has 0 aliphatic heterocycles. The first-order valence-electron chi connectivity index (χ1n) is 6.27. The molecule has 20 heavy (non-hydrogen) atoms. The largest absolute Gasteiger partial charge is 0.396 e. The fourth-order valence-electron chi connectivity index (χ4n) is 2.11. The number of hydrogen-bond donors (Lipinski definition) is 2. The average molecular weight is 332 g/mol. The van der Waals surface area contributed by atoms with Crippen molar-refractivity contribution in [3.05, 3.63) is 47.6 Å². The van der Waals surface area contributed by atoms with Gasteiger partial charge in [-0.05, 0) is 18.2 Å². The van der Waals surface area contributed by atoms with Crippen molar-refractivity contribution in [2.24, 2.45) is 0 Å². The summed E-state index contributed by atoms with van der Waals surface area (Å²) in [6.45, 7) is 1.60. The molecule has 1 aromatic carbocycles. The maximum atomic E-state index is 6.04. The number of nitrogens with two attached hydrogens (primary N) is 1. The van der Waals surface area contributed by atoms with Crippen molar-refractivity contribution in [3.63, 3.8) is 0 Å². The van der Waals surface area contributed by atoms with Crippen LogP contribution in [0.25, 0.3) is 10.9 Å². The van der Waals surface area contributed by atoms with Crippen LogP contribution in [0.1, 0.15) is 0 Å². The molecule has 0 atom stereocenters. The number of nitrogens with zero attached hydrogens (tertiary/aromatic N) is 3. The van der Waals surface area contributed by atoms with E-state index >= 15 is 0 Å². The van der Waals surface area contributed by atoms with E-state index in [4.69, 9.17) is 5.73 Å². The van der Waals surface area contributed by atoms with Gasteiger partial charge in [0.1, 0.15) is 0 Å². The van der Waals surface area contributed by atoms with Crippen LogP contribution < -0.4 is 11.1 Å². The van der Waals surface area contributed by atoms with Crippen molar-refractivity contribution >= 4 is 38.2 Å². The molecule has 0 saturated heterocycles. The number of halogens is 1. The SMILES string of the molecule is Nc1cnc2ccc(Br)cc2c1NCCn1ccnc1. The van der Waals surface area contributed by atoms with Crippen molar-refractivity contribution in [2.75, 3.05) is 17.6 Å². The summed E-state index contributed by atoms with van der Waals surface area (Å²) < 4.78 is 3.03. The smallest absolute Gasteiger partial charge is 0.0946 e. The van der Waals surface area contributed by atoms with Crippen LogP contribution >= 0.6 is 15.9 Å². The molecular weight excluding hydrogens is 318 g/mol. The number of hydrogen-bond acceptors (Lipinski definition) is 4. The quantitative estimate of drug-likeness (QED) is 0.771. The monoisotopic (exact) mass is 331 g/mol. The zero-order valence-electron chi connectivity index (χ0n) is 10.8. The lowest BCUT2D eigenvalue weighted by molar-refractivity contribution is 0.727. The number of nitrogens with one attached hydrogen (secondary N) is 1. The number of benzene rings is 1. The zero-order valence-corrected chi connectivity index (χ0v) is 12.3. The summed E-state index contributed by atoms with van der Waals surface area (Å²) in [6, 6.07) is 5.97. The molecule has 3 N–H and O–H groups in total. The minimum Gasteiger partial charge on any atom is -0.396 e. The van der Waals surface area contributed by atoms with Gasteiger partial charge in [-0.1, -0.05) is 15.9 Å². The summed E-state index contributed by atoms with van der Waals surface area (Å²) in [7, 11) is 0. The topological polar surface area (TPSA) is 68.8 Å². The van der Waals surface area contributed by atoms with E-state index in [2.05, 4.69) is 31.2 Å². The van der Waals surface area contributed by atoms with Crippen molar-refractivity contribution in [1.29, 1.82) is 0 Å². The van der Waals surface area contributed by atoms with Gasteiger partial charge in [0.2, 0.25) is 0 Å². The van der Waals surface area contributed by atoms with E-state index in [0.29, 0.717) is 5.69 Å². The highest BCUT2D eigenvalue weighted by molar-refractivity contribution is 9.10. The first-order valence-corrected chi connectivity index (χ1v) is 7.07. The lowest BCUT2D eigenvalue weighted by Crippen LogP contribution is -2.11. The van der Waals surface area contributed by atoms with Crippen LogP contribution in [0.15, 0.2) is 47.6 Å². The van der Waals surface area contributed by atoms with E-state index in [0.717, 1.165) is 34.2 Å². The Morgan fingerprint density at radius 1 is 1.35 bits per heavy atom. The second-order valence-electron chi connectivity index (χ2n) is 4.48. The molecule has 0 unspecified atom stereocenters. The Labute approximate surface area is 125 Å². The molecule has 102 valence electrons. The van der Waals surface area contributed by atoms with Gasteiger partial charge in [0.05, 0.1) is 29.4 Å². The number of nitrogen functional groups attached to an aromatic ring is 1. The highest BCUT2D eigenvalue weighted by Crippen LogP contribution is 2.29. The van der Waals surface area contributed by atoms with E-state index < -0.39 is 0 Å². The summed E-state index contributed by atoms with van der Waals surface area (Å²) in [4.78, 5) is 8.36. The molecule has 0 spiro atoms. The van der Waals surface area contributed by atoms with E-state index in [1.165, 1.54) is 0 Å². The molecular formula is C14H14BrN5. The standard InChI is InChI=1S/C14H14BrN5/c15-10-1-2-13-11(7-10)14(12(16)8-19-13)18-4-6-20-5-3-17-9-20/h1-3,5,7-9H,4,6,16H2,(H,18,19). The van der Waals surface area contributed by atoms with Crippen molar-refractivity contribution in [2.45, 2.75) is 6.54 Å². The molecule has 3 aromatic rings. The van der Waals surface area contributed by atoms with Gasteiger partial charge >= 0.3 is 0 Å². The van der Waals surface area contributed by atoms with Crippen LogP contribution in [0, 0.1) is 0 Å². The van der Waals surface area contributed by atoms with E-state index in [1.54, 1.807) is 18.7 Å². The first kappa shape index (κ1) is 12.9. The van der Waals surface area contributed by atoms with Crippen LogP contribution in [-0.4, -0.2) is 21.1 Å². The molecule has 0 bridgehead atoms. The van der Waals surface area contributed by atoms with Crippen molar-refractivity contribution < 1.29 is 0 Å². The van der Waals surface area contributed by atoms with Gasteiger partial charge in [-0.2, -0.15) is 0 Å². The van der Waals surface area contributed by atoms with Gasteiger partial charge < -0.3 is 15.6 Å². The van der Waals surface area contributed by atoms with Gasteiger partial charge in [-0.25, -0.2) is 4.98 Å². The molecule has 3 rings (SSSR count). The zero-order chi connectivity index (χ0) is 13.9. The van der Waals surface area contributed by atoms with E-state index in [1.807, 2.05) is 29.0 Å². The maximum Gasteiger partial charge on any atom is 0.0946 e. The van der Waals surface area contributed by atoms with Crippen LogP contribution in [0.3, 0.4) is 0 Å². The summed E-state index contributed by atoms with van der Waals surface area (Å²) in [5.41, 5.74) is 8.54. The first-order chi connectivity index (χ1) is 9.74. The molecule has 0 saturated carbocycles. The second kappa shape index (κ2) is 5.50. The maximum absolute atomic E-state index is 6.04. The minimum absolute atomic E-state index is 0.654. The number of rotatable bonds is 4. The summed E-state index contributed by atoms with van der Waals surface area (Å²) in [6.07, 6.45) is 7.20. The number of aromatic nitrogens is 3. The van der Waals surface area contributed by atoms with Gasteiger partial charge in [-0.3, -0.25) is 4.98 Å². The summed E-state index contributed by atoms with van der Waals surface area (Å²) in [5.74, 6) is 0.